The van der Waals surface area contributed by atoms with Crippen LogP contribution in [0.5, 0.6) is 0 Å². The predicted octanol–water partition coefficient (Wildman–Crippen LogP) is 0.515. The van der Waals surface area contributed by atoms with Crippen molar-refractivity contribution in [3.63, 3.8) is 0 Å². The van der Waals surface area contributed by atoms with E-state index in [9.17, 15) is 4.79 Å². The molecule has 0 aromatic carbocycles. The summed E-state index contributed by atoms with van der Waals surface area (Å²) in [7, 11) is 0. The maximum atomic E-state index is 13.1. The van der Waals surface area contributed by atoms with Crippen LogP contribution in [0.4, 0.5) is 0 Å². The van der Waals surface area contributed by atoms with E-state index in [1.165, 1.54) is 38.6 Å². The molecule has 8 nitrogen and oxygen atoms in total. The van der Waals surface area contributed by atoms with Crippen molar-refractivity contribution in [2.75, 3.05) is 38.5 Å². The van der Waals surface area contributed by atoms with Crippen LogP contribution < -0.4 is 37.2 Å². The summed E-state index contributed by atoms with van der Waals surface area (Å²) in [4.78, 5) is 13.1. The zero-order chi connectivity index (χ0) is 23.3. The lowest BCUT2D eigenvalue weighted by atomic mass is 9.82. The van der Waals surface area contributed by atoms with Gasteiger partial charge in [-0.25, -0.2) is 0 Å². The summed E-state index contributed by atoms with van der Waals surface area (Å²) in [6.07, 6.45) is 9.77. The summed E-state index contributed by atoms with van der Waals surface area (Å²) >= 11 is 1.94. The van der Waals surface area contributed by atoms with Gasteiger partial charge >= 0.3 is 0 Å². The third-order valence-electron chi connectivity index (χ3n) is 8.90. The molecule has 5 aliphatic rings. The van der Waals surface area contributed by atoms with Crippen LogP contribution in [0.2, 0.25) is 0 Å². The van der Waals surface area contributed by atoms with Gasteiger partial charge in [-0.3, -0.25) is 26.1 Å². The second-order valence-electron chi connectivity index (χ2n) is 11.4. The van der Waals surface area contributed by atoms with Gasteiger partial charge in [0.15, 0.2) is 0 Å². The molecule has 4 aliphatic heterocycles. The third kappa shape index (κ3) is 6.47. The van der Waals surface area contributed by atoms with Gasteiger partial charge in [-0.15, -0.1) is 11.8 Å². The summed E-state index contributed by atoms with van der Waals surface area (Å²) in [5.41, 5.74) is 0. The fourth-order valence-corrected chi connectivity index (χ4v) is 8.11. The van der Waals surface area contributed by atoms with Crippen molar-refractivity contribution in [3.8, 4) is 0 Å². The zero-order valence-electron chi connectivity index (χ0n) is 20.9. The van der Waals surface area contributed by atoms with E-state index in [1.54, 1.807) is 0 Å². The van der Waals surface area contributed by atoms with Gasteiger partial charge in [0.2, 0.25) is 5.91 Å². The molecular weight excluding hydrogens is 446 g/mol. The maximum absolute atomic E-state index is 13.1. The number of amides is 1. The smallest absolute Gasteiger partial charge is 0.238 e. The molecule has 194 valence electrons. The highest BCUT2D eigenvalue weighted by Crippen LogP contribution is 2.30. The van der Waals surface area contributed by atoms with E-state index in [2.05, 4.69) is 44.1 Å². The molecule has 4 saturated heterocycles. The summed E-state index contributed by atoms with van der Waals surface area (Å²) in [6.45, 7) is 7.95. The van der Waals surface area contributed by atoms with Gasteiger partial charge in [0, 0.05) is 30.4 Å². The van der Waals surface area contributed by atoms with Crippen molar-refractivity contribution in [1.82, 2.24) is 37.2 Å². The van der Waals surface area contributed by atoms with Gasteiger partial charge in [0.1, 0.15) is 6.29 Å². The van der Waals surface area contributed by atoms with E-state index >= 15 is 0 Å². The fourth-order valence-electron chi connectivity index (χ4n) is 6.70. The Balaban J connectivity index is 1.08. The van der Waals surface area contributed by atoms with Crippen molar-refractivity contribution in [2.24, 2.45) is 17.8 Å². The van der Waals surface area contributed by atoms with Crippen LogP contribution in [-0.4, -0.2) is 80.2 Å². The maximum Gasteiger partial charge on any atom is 0.238 e. The van der Waals surface area contributed by atoms with Gasteiger partial charge in [-0.2, -0.15) is 0 Å². The van der Waals surface area contributed by atoms with Crippen LogP contribution in [0.3, 0.4) is 0 Å². The average molecular weight is 494 g/mol. The Labute approximate surface area is 210 Å². The lowest BCUT2D eigenvalue weighted by molar-refractivity contribution is -0.123. The minimum atomic E-state index is -0.0470. The van der Waals surface area contributed by atoms with Crippen LogP contribution in [0, 0.1) is 17.8 Å². The standard InChI is InChI=1S/C25H47N7OS/c1-16-6-7-19(29-23(33)22-15-34-24(30-22)18-5-3-10-27-14-18)12-21(16)32-25-28-11-8-20(31-25)17-4-2-9-26-13-17/h16-22,24-28,30-32H,2-15H2,1H3,(H,29,33). The van der Waals surface area contributed by atoms with E-state index in [-0.39, 0.29) is 24.3 Å². The van der Waals surface area contributed by atoms with Crippen molar-refractivity contribution in [3.05, 3.63) is 0 Å². The lowest BCUT2D eigenvalue weighted by Gasteiger charge is -2.42. The molecule has 7 N–H and O–H groups in total. The highest BCUT2D eigenvalue weighted by atomic mass is 32.2. The van der Waals surface area contributed by atoms with Crippen molar-refractivity contribution in [1.29, 1.82) is 0 Å². The third-order valence-corrected chi connectivity index (χ3v) is 10.3. The topological polar surface area (TPSA) is 101 Å². The molecule has 1 saturated carbocycles. The van der Waals surface area contributed by atoms with Gasteiger partial charge in [-0.05, 0) is 95.3 Å². The molecule has 0 aromatic rings. The largest absolute Gasteiger partial charge is 0.352 e. The van der Waals surface area contributed by atoms with Gasteiger partial charge in [0.05, 0.1) is 11.4 Å². The molecule has 0 radical (unpaired) electrons. The Morgan fingerprint density at radius 1 is 0.912 bits per heavy atom. The zero-order valence-corrected chi connectivity index (χ0v) is 21.7. The fraction of sp³-hybridized carbons (Fsp3) is 0.960. The van der Waals surface area contributed by atoms with Gasteiger partial charge in [-0.1, -0.05) is 6.92 Å². The Bertz CT molecular complexity index is 657. The van der Waals surface area contributed by atoms with Crippen LogP contribution in [0.1, 0.15) is 58.3 Å². The SMILES string of the molecule is CC1CCC(NC(=O)C2CSC(C3CCCNC3)N2)CC1NC1NCCC(C2CCCNC2)N1. The van der Waals surface area contributed by atoms with Crippen LogP contribution in [-0.2, 0) is 4.79 Å². The molecule has 1 aliphatic carbocycles. The van der Waals surface area contributed by atoms with Crippen LogP contribution in [0.15, 0.2) is 0 Å². The first kappa shape index (κ1) is 25.2. The minimum Gasteiger partial charge on any atom is -0.352 e. The number of carbonyl (C=O) groups is 1. The quantitative estimate of drug-likeness (QED) is 0.288. The normalized spacial score (nSPS) is 44.0. The Hall–Kier alpha value is -0.420. The molecule has 5 fully saturated rings. The van der Waals surface area contributed by atoms with Crippen LogP contribution in [0.25, 0.3) is 0 Å². The lowest BCUT2D eigenvalue weighted by Crippen LogP contribution is -2.66. The Morgan fingerprint density at radius 3 is 2.47 bits per heavy atom. The molecule has 1 amide bonds. The van der Waals surface area contributed by atoms with E-state index in [0.29, 0.717) is 29.3 Å². The Kier molecular flexibility index (Phi) is 9.07. The molecule has 9 heteroatoms. The average Bonchev–Trinajstić information content (AvgIpc) is 3.38. The molecule has 34 heavy (non-hydrogen) atoms. The van der Waals surface area contributed by atoms with Crippen molar-refractivity contribution in [2.45, 2.75) is 94.1 Å². The van der Waals surface area contributed by atoms with Crippen molar-refractivity contribution >= 4 is 17.7 Å². The number of nitrogens with one attached hydrogen (secondary N) is 7. The second kappa shape index (κ2) is 12.2. The monoisotopic (exact) mass is 493 g/mol. The molecule has 9 atom stereocenters. The number of hydrogen-bond acceptors (Lipinski definition) is 8. The summed E-state index contributed by atoms with van der Waals surface area (Å²) in [5.74, 6) is 3.10. The second-order valence-corrected chi connectivity index (χ2v) is 12.6. The molecule has 0 bridgehead atoms. The molecule has 0 aromatic heterocycles. The minimum absolute atomic E-state index is 0.0470. The number of hydrogen-bond donors (Lipinski definition) is 7. The first-order chi connectivity index (χ1) is 16.7. The Morgan fingerprint density at radius 2 is 1.71 bits per heavy atom. The number of thioether (sulfide) groups is 1. The van der Waals surface area contributed by atoms with E-state index in [4.69, 9.17) is 0 Å². The molecule has 4 heterocycles. The summed E-state index contributed by atoms with van der Waals surface area (Å²) in [5, 5.41) is 25.9. The van der Waals surface area contributed by atoms with E-state index < -0.39 is 0 Å². The van der Waals surface area contributed by atoms with E-state index in [1.807, 2.05) is 11.8 Å². The first-order valence-corrected chi connectivity index (χ1v) is 15.1. The van der Waals surface area contributed by atoms with Gasteiger partial charge in [0.25, 0.3) is 0 Å². The number of piperidine rings is 2. The van der Waals surface area contributed by atoms with Crippen molar-refractivity contribution < 1.29 is 4.79 Å². The highest BCUT2D eigenvalue weighted by molar-refractivity contribution is 8.00. The molecular formula is C25H47N7OS. The van der Waals surface area contributed by atoms with Crippen LogP contribution >= 0.6 is 11.8 Å². The number of rotatable bonds is 6. The molecule has 5 rings (SSSR count). The molecule has 9 unspecified atom stereocenters. The first-order valence-electron chi connectivity index (χ1n) is 14.0. The summed E-state index contributed by atoms with van der Waals surface area (Å²) in [6, 6.07) is 1.22. The molecule has 0 spiro atoms. The highest BCUT2D eigenvalue weighted by Gasteiger charge is 2.37. The predicted molar refractivity (Wildman–Crippen MR) is 140 cm³/mol. The van der Waals surface area contributed by atoms with Gasteiger partial charge < -0.3 is 16.0 Å². The summed E-state index contributed by atoms with van der Waals surface area (Å²) < 4.78 is 0. The van der Waals surface area contributed by atoms with E-state index in [0.717, 1.165) is 57.1 Å². The number of carbonyl (C=O) groups excluding carboxylic acids is 1.